The Kier molecular flexibility index (Phi) is 3.15. The van der Waals surface area contributed by atoms with Gasteiger partial charge in [-0.2, -0.15) is 0 Å². The minimum Gasteiger partial charge on any atom is -0.478 e. The molecule has 1 saturated heterocycles. The van der Waals surface area contributed by atoms with Crippen LogP contribution in [0, 0.1) is 0 Å². The van der Waals surface area contributed by atoms with Gasteiger partial charge >= 0.3 is 5.97 Å². The fourth-order valence-electron chi connectivity index (χ4n) is 2.34. The molecular formula is C12H15ClN2O2. The fraction of sp³-hybridized carbons (Fsp3) is 0.417. The first-order valence-corrected chi connectivity index (χ1v) is 5.97. The third kappa shape index (κ3) is 2.17. The number of hydrogen-bond acceptors (Lipinski definition) is 3. The third-order valence-electron chi connectivity index (χ3n) is 3.16. The largest absolute Gasteiger partial charge is 0.478 e. The molecule has 0 radical (unpaired) electrons. The molecule has 17 heavy (non-hydrogen) atoms. The topological polar surface area (TPSA) is 66.6 Å². The highest BCUT2D eigenvalue weighted by molar-refractivity contribution is 6.34. The van der Waals surface area contributed by atoms with E-state index in [-0.39, 0.29) is 5.56 Å². The molecule has 0 saturated carbocycles. The zero-order valence-electron chi connectivity index (χ0n) is 9.61. The number of nitrogen functional groups attached to an aromatic ring is 1. The summed E-state index contributed by atoms with van der Waals surface area (Å²) in [7, 11) is 0. The SMILES string of the molecule is CC1CCCN1c1c(Cl)cc(N)cc1C(=O)O. The van der Waals surface area contributed by atoms with E-state index < -0.39 is 5.97 Å². The number of anilines is 2. The Hall–Kier alpha value is -1.42. The summed E-state index contributed by atoms with van der Waals surface area (Å²) in [5.74, 6) is -0.992. The van der Waals surface area contributed by atoms with Crippen molar-refractivity contribution < 1.29 is 9.90 Å². The van der Waals surface area contributed by atoms with Gasteiger partial charge in [0.15, 0.2) is 0 Å². The minimum absolute atomic E-state index is 0.184. The smallest absolute Gasteiger partial charge is 0.337 e. The van der Waals surface area contributed by atoms with Gasteiger partial charge in [-0.15, -0.1) is 0 Å². The average molecular weight is 255 g/mol. The second-order valence-electron chi connectivity index (χ2n) is 4.39. The first kappa shape index (κ1) is 12.0. The van der Waals surface area contributed by atoms with E-state index in [0.717, 1.165) is 19.4 Å². The van der Waals surface area contributed by atoms with Gasteiger partial charge in [0.05, 0.1) is 16.3 Å². The van der Waals surface area contributed by atoms with Crippen molar-refractivity contribution in [2.24, 2.45) is 0 Å². The molecular weight excluding hydrogens is 240 g/mol. The number of rotatable bonds is 2. The Balaban J connectivity index is 2.54. The van der Waals surface area contributed by atoms with Gasteiger partial charge in [-0.1, -0.05) is 11.6 Å². The molecule has 1 heterocycles. The molecule has 4 nitrogen and oxygen atoms in total. The van der Waals surface area contributed by atoms with Crippen molar-refractivity contribution in [2.75, 3.05) is 17.2 Å². The van der Waals surface area contributed by atoms with Crippen LogP contribution in [0.1, 0.15) is 30.1 Å². The van der Waals surface area contributed by atoms with Crippen LogP contribution in [0.4, 0.5) is 11.4 Å². The van der Waals surface area contributed by atoms with E-state index in [9.17, 15) is 9.90 Å². The van der Waals surface area contributed by atoms with Gasteiger partial charge in [0.2, 0.25) is 0 Å². The van der Waals surface area contributed by atoms with Crippen LogP contribution in [0.25, 0.3) is 0 Å². The van der Waals surface area contributed by atoms with Gasteiger partial charge in [0.25, 0.3) is 0 Å². The van der Waals surface area contributed by atoms with Gasteiger partial charge in [-0.3, -0.25) is 0 Å². The van der Waals surface area contributed by atoms with E-state index in [4.69, 9.17) is 17.3 Å². The van der Waals surface area contributed by atoms with Gasteiger partial charge in [0.1, 0.15) is 0 Å². The lowest BCUT2D eigenvalue weighted by Gasteiger charge is -2.26. The van der Waals surface area contributed by atoms with Crippen molar-refractivity contribution in [2.45, 2.75) is 25.8 Å². The van der Waals surface area contributed by atoms with Crippen LogP contribution in [-0.4, -0.2) is 23.7 Å². The molecule has 1 fully saturated rings. The summed E-state index contributed by atoms with van der Waals surface area (Å²) in [6, 6.07) is 3.39. The predicted octanol–water partition coefficient (Wildman–Crippen LogP) is 2.61. The monoisotopic (exact) mass is 254 g/mol. The van der Waals surface area contributed by atoms with E-state index in [1.54, 1.807) is 6.07 Å². The van der Waals surface area contributed by atoms with Crippen molar-refractivity contribution in [1.29, 1.82) is 0 Å². The zero-order valence-corrected chi connectivity index (χ0v) is 10.4. The Morgan fingerprint density at radius 2 is 2.29 bits per heavy atom. The maximum Gasteiger partial charge on any atom is 0.337 e. The summed E-state index contributed by atoms with van der Waals surface area (Å²) in [5, 5.41) is 9.63. The van der Waals surface area contributed by atoms with Crippen molar-refractivity contribution in [3.05, 3.63) is 22.7 Å². The van der Waals surface area contributed by atoms with Crippen LogP contribution >= 0.6 is 11.6 Å². The molecule has 0 aliphatic carbocycles. The number of carbonyl (C=O) groups is 1. The zero-order chi connectivity index (χ0) is 12.6. The standard InChI is InChI=1S/C12H15ClN2O2/c1-7-3-2-4-15(7)11-9(12(16)17)5-8(14)6-10(11)13/h5-7H,2-4,14H2,1H3,(H,16,17). The molecule has 1 atom stereocenters. The van der Waals surface area contributed by atoms with Crippen molar-refractivity contribution >= 4 is 28.9 Å². The van der Waals surface area contributed by atoms with Crippen LogP contribution in [-0.2, 0) is 0 Å². The molecule has 0 aromatic heterocycles. The molecule has 2 rings (SSSR count). The molecule has 1 aromatic rings. The quantitative estimate of drug-likeness (QED) is 0.796. The summed E-state index contributed by atoms with van der Waals surface area (Å²) in [6.07, 6.45) is 2.11. The number of carboxylic acids is 1. The predicted molar refractivity (Wildman–Crippen MR) is 68.9 cm³/mol. The average Bonchev–Trinajstić information content (AvgIpc) is 2.63. The van der Waals surface area contributed by atoms with E-state index in [1.165, 1.54) is 6.07 Å². The highest BCUT2D eigenvalue weighted by atomic mass is 35.5. The van der Waals surface area contributed by atoms with E-state index in [2.05, 4.69) is 6.92 Å². The molecule has 1 aromatic carbocycles. The number of nitrogens with two attached hydrogens (primary N) is 1. The second-order valence-corrected chi connectivity index (χ2v) is 4.80. The maximum atomic E-state index is 11.2. The van der Waals surface area contributed by atoms with Crippen LogP contribution in [0.5, 0.6) is 0 Å². The Morgan fingerprint density at radius 1 is 1.59 bits per heavy atom. The van der Waals surface area contributed by atoms with Crippen molar-refractivity contribution in [1.82, 2.24) is 0 Å². The van der Waals surface area contributed by atoms with Crippen molar-refractivity contribution in [3.8, 4) is 0 Å². The summed E-state index contributed by atoms with van der Waals surface area (Å²) in [5.41, 5.74) is 6.79. The fourth-order valence-corrected chi connectivity index (χ4v) is 2.68. The first-order chi connectivity index (χ1) is 8.00. The molecule has 1 aliphatic rings. The first-order valence-electron chi connectivity index (χ1n) is 5.59. The summed E-state index contributed by atoms with van der Waals surface area (Å²) < 4.78 is 0. The Morgan fingerprint density at radius 3 is 2.82 bits per heavy atom. The number of nitrogens with zero attached hydrogens (tertiary/aromatic N) is 1. The van der Waals surface area contributed by atoms with Crippen LogP contribution in [0.2, 0.25) is 5.02 Å². The Bertz CT molecular complexity index is 462. The number of benzene rings is 1. The highest BCUT2D eigenvalue weighted by Gasteiger charge is 2.27. The highest BCUT2D eigenvalue weighted by Crippen LogP contribution is 2.36. The third-order valence-corrected chi connectivity index (χ3v) is 3.44. The molecule has 5 heteroatoms. The molecule has 1 unspecified atom stereocenters. The summed E-state index contributed by atoms with van der Waals surface area (Å²) in [4.78, 5) is 13.3. The van der Waals surface area contributed by atoms with Crippen molar-refractivity contribution in [3.63, 3.8) is 0 Å². The number of aromatic carboxylic acids is 1. The molecule has 0 bridgehead atoms. The maximum absolute atomic E-state index is 11.2. The molecule has 3 N–H and O–H groups in total. The lowest BCUT2D eigenvalue weighted by atomic mass is 10.1. The number of hydrogen-bond donors (Lipinski definition) is 2. The van der Waals surface area contributed by atoms with Gasteiger partial charge in [-0.25, -0.2) is 4.79 Å². The molecule has 92 valence electrons. The Labute approximate surface area is 105 Å². The van der Waals surface area contributed by atoms with E-state index in [0.29, 0.717) is 22.4 Å². The van der Waals surface area contributed by atoms with Crippen LogP contribution < -0.4 is 10.6 Å². The second kappa shape index (κ2) is 4.45. The van der Waals surface area contributed by atoms with Gasteiger partial charge < -0.3 is 15.7 Å². The summed E-state index contributed by atoms with van der Waals surface area (Å²) in [6.45, 7) is 2.91. The van der Waals surface area contributed by atoms with Gasteiger partial charge in [-0.05, 0) is 31.9 Å². The molecule has 1 aliphatic heterocycles. The summed E-state index contributed by atoms with van der Waals surface area (Å²) >= 11 is 6.14. The van der Waals surface area contributed by atoms with E-state index >= 15 is 0 Å². The number of halogens is 1. The lowest BCUT2D eigenvalue weighted by molar-refractivity contribution is 0.0697. The van der Waals surface area contributed by atoms with Gasteiger partial charge in [0, 0.05) is 18.3 Å². The normalized spacial score (nSPS) is 19.6. The van der Waals surface area contributed by atoms with Crippen LogP contribution in [0.15, 0.2) is 12.1 Å². The lowest BCUT2D eigenvalue weighted by Crippen LogP contribution is -2.28. The minimum atomic E-state index is -0.992. The number of carboxylic acid groups (broad SMARTS) is 1. The molecule has 0 spiro atoms. The van der Waals surface area contributed by atoms with Crippen LogP contribution in [0.3, 0.4) is 0 Å². The molecule has 0 amide bonds. The van der Waals surface area contributed by atoms with E-state index in [1.807, 2.05) is 4.90 Å².